The van der Waals surface area contributed by atoms with Gasteiger partial charge in [-0.3, -0.25) is 4.90 Å². The Bertz CT molecular complexity index is 625. The number of likely N-dealkylation sites (N-methyl/N-ethyl adjacent to an activating group) is 1. The first-order valence-corrected chi connectivity index (χ1v) is 9.18. The molecule has 7 nitrogen and oxygen atoms in total. The Labute approximate surface area is 156 Å². The number of hydrogen-bond donors (Lipinski definition) is 2. The molecule has 0 saturated carbocycles. The van der Waals surface area contributed by atoms with Gasteiger partial charge in [-0.15, -0.1) is 11.8 Å². The molecule has 0 amide bonds. The van der Waals surface area contributed by atoms with E-state index < -0.39 is 24.5 Å². The second-order valence-corrected chi connectivity index (χ2v) is 6.89. The van der Waals surface area contributed by atoms with Crippen molar-refractivity contribution in [1.29, 1.82) is 0 Å². The highest BCUT2D eigenvalue weighted by atomic mass is 32.2. The van der Waals surface area contributed by atoms with E-state index in [1.807, 2.05) is 7.05 Å². The predicted molar refractivity (Wildman–Crippen MR) is 90.3 cm³/mol. The van der Waals surface area contributed by atoms with E-state index in [0.29, 0.717) is 5.75 Å². The molecule has 2 rings (SSSR count). The van der Waals surface area contributed by atoms with Crippen molar-refractivity contribution in [1.82, 2.24) is 13.6 Å². The Balaban J connectivity index is 0.000000487. The first-order chi connectivity index (χ1) is 12.1. The number of alkyl halides is 3. The number of carbonyl (C=O) groups is 2. The van der Waals surface area contributed by atoms with E-state index >= 15 is 0 Å². The van der Waals surface area contributed by atoms with Gasteiger partial charge in [0.05, 0.1) is 17.8 Å². The average molecular weight is 413 g/mol. The number of carboxylic acid groups (broad SMARTS) is 2. The van der Waals surface area contributed by atoms with Crippen molar-refractivity contribution >= 4 is 35.4 Å². The van der Waals surface area contributed by atoms with Crippen LogP contribution in [-0.2, 0) is 9.59 Å². The summed E-state index contributed by atoms with van der Waals surface area (Å²) < 4.78 is 44.8. The molecule has 2 heterocycles. The van der Waals surface area contributed by atoms with Crippen LogP contribution in [0.15, 0.2) is 17.2 Å². The van der Waals surface area contributed by atoms with Gasteiger partial charge in [-0.1, -0.05) is 12.2 Å². The summed E-state index contributed by atoms with van der Waals surface area (Å²) in [5.74, 6) is -3.23. The second kappa shape index (κ2) is 10.5. The maximum atomic E-state index is 12.1. The van der Waals surface area contributed by atoms with Crippen molar-refractivity contribution in [3.63, 3.8) is 0 Å². The first kappa shape index (κ1) is 22.4. The molecule has 0 aliphatic carbocycles. The zero-order chi connectivity index (χ0) is 19.7. The van der Waals surface area contributed by atoms with E-state index in [9.17, 15) is 13.2 Å². The summed E-state index contributed by atoms with van der Waals surface area (Å²) in [6.45, 7) is 0.955. The van der Waals surface area contributed by atoms with Crippen molar-refractivity contribution < 1.29 is 33.0 Å². The summed E-state index contributed by atoms with van der Waals surface area (Å²) in [4.78, 5) is 20.4. The largest absolute Gasteiger partial charge is 0.473 e. The third kappa shape index (κ3) is 8.15. The van der Waals surface area contributed by atoms with Crippen molar-refractivity contribution in [2.45, 2.75) is 36.5 Å². The summed E-state index contributed by atoms with van der Waals surface area (Å²) in [5, 5.41) is 15.5. The third-order valence-electron chi connectivity index (χ3n) is 3.23. The molecule has 1 aliphatic heterocycles. The minimum atomic E-state index is -4.07. The minimum Gasteiger partial charge on any atom is -0.473 e. The van der Waals surface area contributed by atoms with Gasteiger partial charge >= 0.3 is 18.1 Å². The number of nitrogens with zero attached hydrogens (tertiary/aromatic N) is 3. The van der Waals surface area contributed by atoms with Crippen LogP contribution in [0, 0.1) is 0 Å². The molecular formula is C14H18F3N3O4S2. The van der Waals surface area contributed by atoms with Crippen LogP contribution in [0.25, 0.3) is 0 Å². The van der Waals surface area contributed by atoms with Gasteiger partial charge in [0.15, 0.2) is 0 Å². The smallest absolute Gasteiger partial charge is 0.414 e. The molecule has 0 radical (unpaired) electrons. The Morgan fingerprint density at radius 3 is 2.54 bits per heavy atom. The van der Waals surface area contributed by atoms with E-state index in [-0.39, 0.29) is 12.5 Å². The fourth-order valence-electron chi connectivity index (χ4n) is 2.00. The van der Waals surface area contributed by atoms with E-state index in [1.165, 1.54) is 11.8 Å². The number of carboxylic acids is 2. The Kier molecular flexibility index (Phi) is 9.02. The third-order valence-corrected chi connectivity index (χ3v) is 4.96. The van der Waals surface area contributed by atoms with Gasteiger partial charge in [0.25, 0.3) is 0 Å². The van der Waals surface area contributed by atoms with Crippen molar-refractivity contribution in [2.24, 2.45) is 0 Å². The fraction of sp³-hybridized carbons (Fsp3) is 0.571. The first-order valence-electron chi connectivity index (χ1n) is 7.47. The van der Waals surface area contributed by atoms with E-state index in [0.717, 1.165) is 35.4 Å². The number of aliphatic carboxylic acids is 2. The molecule has 1 aromatic rings. The van der Waals surface area contributed by atoms with Gasteiger partial charge in [-0.05, 0) is 25.6 Å². The van der Waals surface area contributed by atoms with Crippen molar-refractivity contribution in [3.8, 4) is 0 Å². The maximum Gasteiger partial charge on any atom is 0.414 e. The van der Waals surface area contributed by atoms with E-state index in [1.54, 1.807) is 0 Å². The molecule has 12 heteroatoms. The molecule has 0 spiro atoms. The monoisotopic (exact) mass is 413 g/mol. The van der Waals surface area contributed by atoms with E-state index in [2.05, 4.69) is 25.8 Å². The number of rotatable bonds is 5. The lowest BCUT2D eigenvalue weighted by atomic mass is 10.1. The highest BCUT2D eigenvalue weighted by Crippen LogP contribution is 2.32. The average Bonchev–Trinajstić information content (AvgIpc) is 3.00. The molecule has 26 heavy (non-hydrogen) atoms. The molecule has 146 valence electrons. The summed E-state index contributed by atoms with van der Waals surface area (Å²) >= 11 is 2.49. The number of hydrogen-bond acceptors (Lipinski definition) is 7. The molecule has 0 bridgehead atoms. The lowest BCUT2D eigenvalue weighted by Gasteiger charge is -2.27. The molecule has 2 N–H and O–H groups in total. The Morgan fingerprint density at radius 1 is 1.35 bits per heavy atom. The summed E-state index contributed by atoms with van der Waals surface area (Å²) in [7, 11) is 2.02. The lowest BCUT2D eigenvalue weighted by molar-refractivity contribution is -0.159. The predicted octanol–water partition coefficient (Wildman–Crippen LogP) is 3.06. The number of thioether (sulfide) groups is 1. The van der Waals surface area contributed by atoms with Crippen molar-refractivity contribution in [3.05, 3.63) is 17.8 Å². The van der Waals surface area contributed by atoms with Gasteiger partial charge < -0.3 is 10.2 Å². The zero-order valence-corrected chi connectivity index (χ0v) is 15.4. The van der Waals surface area contributed by atoms with Gasteiger partial charge in [0.2, 0.25) is 0 Å². The number of halogens is 3. The quantitative estimate of drug-likeness (QED) is 0.329. The van der Waals surface area contributed by atoms with Crippen LogP contribution < -0.4 is 0 Å². The number of aromatic nitrogens is 2. The maximum absolute atomic E-state index is 12.1. The van der Waals surface area contributed by atoms with Gasteiger partial charge in [-0.2, -0.15) is 21.9 Å². The molecule has 1 aromatic heterocycles. The zero-order valence-electron chi connectivity index (χ0n) is 13.8. The van der Waals surface area contributed by atoms with Gasteiger partial charge in [0.1, 0.15) is 10.7 Å². The van der Waals surface area contributed by atoms with Crippen LogP contribution in [0.3, 0.4) is 0 Å². The molecular weight excluding hydrogens is 395 g/mol. The van der Waals surface area contributed by atoms with Crippen LogP contribution in [0.1, 0.15) is 31.0 Å². The molecule has 0 saturated heterocycles. The molecule has 0 fully saturated rings. The fourth-order valence-corrected chi connectivity index (χ4v) is 3.65. The van der Waals surface area contributed by atoms with Crippen LogP contribution >= 0.6 is 23.5 Å². The van der Waals surface area contributed by atoms with Crippen LogP contribution in [0.2, 0.25) is 0 Å². The molecule has 0 aromatic carbocycles. The highest BCUT2D eigenvalue weighted by molar-refractivity contribution is 7.99. The topological polar surface area (TPSA) is 104 Å². The Hall–Kier alpha value is -1.66. The van der Waals surface area contributed by atoms with E-state index in [4.69, 9.17) is 19.8 Å². The Morgan fingerprint density at radius 2 is 2.00 bits per heavy atom. The summed E-state index contributed by atoms with van der Waals surface area (Å²) in [5.41, 5.74) is 0.866. The minimum absolute atomic E-state index is 0.0904. The summed E-state index contributed by atoms with van der Waals surface area (Å²) in [6, 6.07) is 0.0904. The second-order valence-electron chi connectivity index (χ2n) is 5.27. The lowest BCUT2D eigenvalue weighted by Crippen LogP contribution is -2.27. The standard InChI is InChI=1S/C12H16F3N3S2.C2H2O4/c1-18-7-3-2-5-9(18)10-11(17-20-16-10)19-8-4-6-12(13,14)15;3-1(4)2(5)6/h2,5,9H,3-4,6-8H2,1H3;(H,3,4)(H,5,6). The van der Waals surface area contributed by atoms with Gasteiger partial charge in [0, 0.05) is 13.0 Å². The van der Waals surface area contributed by atoms with Crippen LogP contribution in [-0.4, -0.2) is 61.3 Å². The highest BCUT2D eigenvalue weighted by Gasteiger charge is 2.27. The summed E-state index contributed by atoms with van der Waals surface area (Å²) in [6.07, 6.45) is 0.508. The molecule has 1 unspecified atom stereocenters. The van der Waals surface area contributed by atoms with Gasteiger partial charge in [-0.25, -0.2) is 9.59 Å². The molecule has 1 aliphatic rings. The van der Waals surface area contributed by atoms with Crippen LogP contribution in [0.4, 0.5) is 13.2 Å². The van der Waals surface area contributed by atoms with Crippen LogP contribution in [0.5, 0.6) is 0 Å². The SMILES string of the molecule is CN1CCC=CC1c1nsnc1SCCCC(F)(F)F.O=C(O)C(=O)O. The molecule has 1 atom stereocenters. The normalized spacial score (nSPS) is 17.5. The van der Waals surface area contributed by atoms with Crippen molar-refractivity contribution in [2.75, 3.05) is 19.3 Å².